The molecular weight excluding hydrogens is 500 g/mol. The molecule has 4 aromatic rings. The lowest BCUT2D eigenvalue weighted by Crippen LogP contribution is -2.14. The highest BCUT2D eigenvalue weighted by atomic mass is 16.5. The second kappa shape index (κ2) is 11.8. The molecule has 5 heteroatoms. The summed E-state index contributed by atoms with van der Waals surface area (Å²) in [5, 5.41) is 0. The molecule has 0 aromatic heterocycles. The van der Waals surface area contributed by atoms with Crippen LogP contribution < -0.4 is 9.47 Å². The molecular formula is C35H28O5. The summed E-state index contributed by atoms with van der Waals surface area (Å²) in [5.74, 6) is 1.50. The molecule has 0 heterocycles. The van der Waals surface area contributed by atoms with Crippen molar-refractivity contribution in [3.63, 3.8) is 0 Å². The third kappa shape index (κ3) is 6.00. The van der Waals surface area contributed by atoms with Crippen molar-refractivity contribution in [3.05, 3.63) is 149 Å². The minimum absolute atomic E-state index is 0.0543. The van der Waals surface area contributed by atoms with Crippen LogP contribution in [0.1, 0.15) is 55.5 Å². The van der Waals surface area contributed by atoms with Crippen molar-refractivity contribution >= 4 is 17.3 Å². The summed E-state index contributed by atoms with van der Waals surface area (Å²) in [6.07, 6.45) is 6.67. The molecule has 1 unspecified atom stereocenters. The topological polar surface area (TPSA) is 69.7 Å². The van der Waals surface area contributed by atoms with Gasteiger partial charge in [-0.25, -0.2) is 0 Å². The number of rotatable bonds is 9. The van der Waals surface area contributed by atoms with Gasteiger partial charge in [0, 0.05) is 33.7 Å². The highest BCUT2D eigenvalue weighted by molar-refractivity contribution is 6.10. The maximum absolute atomic E-state index is 13.0. The summed E-state index contributed by atoms with van der Waals surface area (Å²) in [6.45, 7) is 2.02. The molecule has 5 rings (SSSR count). The molecule has 0 N–H and O–H groups in total. The Morgan fingerprint density at radius 3 is 1.40 bits per heavy atom. The van der Waals surface area contributed by atoms with E-state index in [0.717, 1.165) is 5.57 Å². The quantitative estimate of drug-likeness (QED) is 0.209. The van der Waals surface area contributed by atoms with Gasteiger partial charge in [0.05, 0.1) is 7.11 Å². The summed E-state index contributed by atoms with van der Waals surface area (Å²) >= 11 is 0. The number of hydrogen-bond acceptors (Lipinski definition) is 5. The Morgan fingerprint density at radius 2 is 1.00 bits per heavy atom. The van der Waals surface area contributed by atoms with Crippen LogP contribution in [0.4, 0.5) is 0 Å². The fraction of sp³-hybridized carbons (Fsp3) is 0.114. The molecule has 0 saturated heterocycles. The van der Waals surface area contributed by atoms with E-state index < -0.39 is 0 Å². The number of ketones is 3. The number of ether oxygens (including phenoxy) is 2. The van der Waals surface area contributed by atoms with Gasteiger partial charge < -0.3 is 9.47 Å². The van der Waals surface area contributed by atoms with Crippen molar-refractivity contribution in [1.82, 2.24) is 0 Å². The second-order valence-corrected chi connectivity index (χ2v) is 9.63. The van der Waals surface area contributed by atoms with Crippen LogP contribution >= 0.6 is 0 Å². The molecule has 0 aliphatic heterocycles. The van der Waals surface area contributed by atoms with Crippen molar-refractivity contribution in [2.75, 3.05) is 7.11 Å². The van der Waals surface area contributed by atoms with Crippen molar-refractivity contribution in [1.29, 1.82) is 0 Å². The third-order valence-corrected chi connectivity index (χ3v) is 6.87. The lowest BCUT2D eigenvalue weighted by molar-refractivity contribution is 0.0943. The minimum Gasteiger partial charge on any atom is -0.497 e. The fourth-order valence-corrected chi connectivity index (χ4v) is 4.48. The summed E-state index contributed by atoms with van der Waals surface area (Å²) in [7, 11) is 1.58. The first-order valence-corrected chi connectivity index (χ1v) is 13.0. The Bertz CT molecular complexity index is 1590. The Labute approximate surface area is 233 Å². The second-order valence-electron chi connectivity index (χ2n) is 9.63. The lowest BCUT2D eigenvalue weighted by atomic mass is 9.89. The van der Waals surface area contributed by atoms with E-state index in [2.05, 4.69) is 6.08 Å². The van der Waals surface area contributed by atoms with Crippen LogP contribution in [0.3, 0.4) is 0 Å². The number of benzene rings is 4. The average molecular weight is 529 g/mol. The maximum atomic E-state index is 13.0. The van der Waals surface area contributed by atoms with E-state index >= 15 is 0 Å². The first-order valence-electron chi connectivity index (χ1n) is 13.0. The van der Waals surface area contributed by atoms with Crippen LogP contribution in [0.2, 0.25) is 0 Å². The lowest BCUT2D eigenvalue weighted by Gasteiger charge is -2.14. The van der Waals surface area contributed by atoms with Gasteiger partial charge in [-0.1, -0.05) is 48.1 Å². The molecule has 4 aromatic carbocycles. The Kier molecular flexibility index (Phi) is 7.83. The van der Waals surface area contributed by atoms with Crippen molar-refractivity contribution in [2.45, 2.75) is 13.3 Å². The van der Waals surface area contributed by atoms with Crippen LogP contribution in [0.15, 0.2) is 121 Å². The van der Waals surface area contributed by atoms with E-state index in [1.54, 1.807) is 104 Å². The van der Waals surface area contributed by atoms with Crippen LogP contribution in [0.5, 0.6) is 17.2 Å². The Morgan fingerprint density at radius 1 is 0.600 bits per heavy atom. The predicted octanol–water partition coefficient (Wildman–Crippen LogP) is 7.65. The minimum atomic E-state index is -0.164. The van der Waals surface area contributed by atoms with Crippen LogP contribution in [0, 0.1) is 5.92 Å². The van der Waals surface area contributed by atoms with E-state index in [1.807, 2.05) is 19.1 Å². The Balaban J connectivity index is 1.20. The molecule has 1 aliphatic carbocycles. The van der Waals surface area contributed by atoms with E-state index in [0.29, 0.717) is 51.5 Å². The van der Waals surface area contributed by atoms with E-state index in [9.17, 15) is 14.4 Å². The summed E-state index contributed by atoms with van der Waals surface area (Å²) in [6, 6.07) is 27.6. The molecule has 0 saturated carbocycles. The highest BCUT2D eigenvalue weighted by Gasteiger charge is 2.19. The molecule has 0 spiro atoms. The van der Waals surface area contributed by atoms with Gasteiger partial charge in [-0.2, -0.15) is 0 Å². The zero-order valence-corrected chi connectivity index (χ0v) is 22.3. The van der Waals surface area contributed by atoms with E-state index in [1.165, 1.54) is 0 Å². The molecule has 1 aliphatic rings. The van der Waals surface area contributed by atoms with Crippen LogP contribution in [-0.2, 0) is 0 Å². The van der Waals surface area contributed by atoms with Gasteiger partial charge in [0.15, 0.2) is 17.3 Å². The summed E-state index contributed by atoms with van der Waals surface area (Å²) in [5.41, 5.74) is 3.91. The number of carbonyl (C=O) groups excluding carboxylic acids is 3. The summed E-state index contributed by atoms with van der Waals surface area (Å²) < 4.78 is 11.1. The molecule has 1 atom stereocenters. The van der Waals surface area contributed by atoms with Crippen molar-refractivity contribution in [3.8, 4) is 17.2 Å². The molecule has 198 valence electrons. The number of hydrogen-bond donors (Lipinski definition) is 0. The van der Waals surface area contributed by atoms with Gasteiger partial charge in [-0.05, 0) is 86.1 Å². The number of Topliss-reactive ketones (excluding diaryl/α,β-unsaturated/α-hetero) is 1. The highest BCUT2D eigenvalue weighted by Crippen LogP contribution is 2.25. The number of methoxy groups -OCH3 is 1. The van der Waals surface area contributed by atoms with Gasteiger partial charge in [-0.15, -0.1) is 0 Å². The smallest absolute Gasteiger partial charge is 0.193 e. The number of allylic oxidation sites excluding steroid dienone is 4. The van der Waals surface area contributed by atoms with Crippen LogP contribution in [0.25, 0.3) is 0 Å². The molecule has 0 amide bonds. The molecule has 0 bridgehead atoms. The third-order valence-electron chi connectivity index (χ3n) is 6.87. The number of carbonyl (C=O) groups is 3. The molecule has 5 nitrogen and oxygen atoms in total. The summed E-state index contributed by atoms with van der Waals surface area (Å²) in [4.78, 5) is 38.5. The van der Waals surface area contributed by atoms with Gasteiger partial charge in [0.2, 0.25) is 0 Å². The fourth-order valence-electron chi connectivity index (χ4n) is 4.48. The monoisotopic (exact) mass is 528 g/mol. The first-order chi connectivity index (χ1) is 19.4. The van der Waals surface area contributed by atoms with Gasteiger partial charge in [0.1, 0.15) is 17.2 Å². The molecule has 0 fully saturated rings. The van der Waals surface area contributed by atoms with Crippen LogP contribution in [-0.4, -0.2) is 24.5 Å². The van der Waals surface area contributed by atoms with Gasteiger partial charge >= 0.3 is 0 Å². The van der Waals surface area contributed by atoms with Gasteiger partial charge in [0.25, 0.3) is 0 Å². The SMILES string of the molecule is COc1ccc(C(=O)c2ccc(Oc3ccc(C(=O)c4ccc(C(=O)C5C=CC(C)=CC5)cc4)cc3)cc2)cc1. The zero-order chi connectivity index (χ0) is 28.1. The van der Waals surface area contributed by atoms with Crippen molar-refractivity contribution in [2.24, 2.45) is 5.92 Å². The van der Waals surface area contributed by atoms with Gasteiger partial charge in [-0.3, -0.25) is 14.4 Å². The zero-order valence-electron chi connectivity index (χ0n) is 22.3. The van der Waals surface area contributed by atoms with E-state index in [4.69, 9.17) is 9.47 Å². The largest absolute Gasteiger partial charge is 0.497 e. The Hall–Kier alpha value is -5.03. The average Bonchev–Trinajstić information content (AvgIpc) is 3.01. The molecule has 40 heavy (non-hydrogen) atoms. The molecule has 0 radical (unpaired) electrons. The maximum Gasteiger partial charge on any atom is 0.193 e. The predicted molar refractivity (Wildman–Crippen MR) is 155 cm³/mol. The van der Waals surface area contributed by atoms with E-state index in [-0.39, 0.29) is 23.3 Å². The standard InChI is InChI=1S/C35H28O5/c1-23-3-5-24(6-4-23)33(36)25-7-9-26(10-8-25)34(37)28-13-19-31(20-14-28)40-32-21-15-29(16-22-32)35(38)27-11-17-30(39-2)18-12-27/h3-5,7-22,24H,6H2,1-2H3. The first kappa shape index (κ1) is 26.6. The van der Waals surface area contributed by atoms with Crippen molar-refractivity contribution < 1.29 is 23.9 Å². The normalized spacial score (nSPS) is 14.2.